The van der Waals surface area contributed by atoms with Crippen LogP contribution in [0.4, 0.5) is 21.4 Å². The molecule has 1 aliphatic rings. The average molecular weight is 528 g/mol. The number of fused-ring (bicyclic) bond motifs is 1. The molecule has 0 spiro atoms. The second-order valence-electron chi connectivity index (χ2n) is 8.21. The molecular formula is C26H33N5O5S. The van der Waals surface area contributed by atoms with Crippen LogP contribution in [-0.2, 0) is 25.4 Å². The van der Waals surface area contributed by atoms with Crippen molar-refractivity contribution in [3.63, 3.8) is 0 Å². The van der Waals surface area contributed by atoms with Gasteiger partial charge in [0.25, 0.3) is 0 Å². The Morgan fingerprint density at radius 1 is 1.05 bits per heavy atom. The van der Waals surface area contributed by atoms with Crippen molar-refractivity contribution in [2.45, 2.75) is 19.8 Å². The number of nitrogens with zero attached hydrogens (tertiary/aromatic N) is 5. The van der Waals surface area contributed by atoms with Gasteiger partial charge in [-0.15, -0.1) is 21.6 Å². The van der Waals surface area contributed by atoms with Gasteiger partial charge in [0, 0.05) is 18.8 Å². The van der Waals surface area contributed by atoms with E-state index in [2.05, 4.69) is 32.1 Å². The standard InChI is InChI=1S/C26H33N5O5S/c1-20-23(19-27)26(37-25(20)28-2)30-29-22-5-6-24-21(18-22)4-3-7-31(24)8-10-33-12-14-35-16-17-36-15-13-34-11-9-32/h5-6,18,32H,3-4,7-17H2,1H3. The number of aliphatic hydroxyl groups is 1. The van der Waals surface area contributed by atoms with Gasteiger partial charge in [0.2, 0.25) is 5.00 Å². The van der Waals surface area contributed by atoms with Gasteiger partial charge < -0.3 is 29.0 Å². The Kier molecular flexibility index (Phi) is 12.4. The molecule has 198 valence electrons. The lowest BCUT2D eigenvalue weighted by atomic mass is 10.0. The lowest BCUT2D eigenvalue weighted by Gasteiger charge is -2.31. The molecule has 10 nitrogen and oxygen atoms in total. The molecule has 11 heteroatoms. The van der Waals surface area contributed by atoms with E-state index in [1.54, 1.807) is 6.92 Å². The predicted molar refractivity (Wildman–Crippen MR) is 142 cm³/mol. The molecule has 1 aromatic heterocycles. The molecule has 0 unspecified atom stereocenters. The minimum absolute atomic E-state index is 0.0236. The van der Waals surface area contributed by atoms with E-state index in [0.717, 1.165) is 31.6 Å². The van der Waals surface area contributed by atoms with Crippen LogP contribution >= 0.6 is 11.3 Å². The first-order valence-corrected chi connectivity index (χ1v) is 13.1. The van der Waals surface area contributed by atoms with Crippen molar-refractivity contribution < 1.29 is 24.1 Å². The fourth-order valence-electron chi connectivity index (χ4n) is 3.86. The zero-order valence-electron chi connectivity index (χ0n) is 21.1. The summed E-state index contributed by atoms with van der Waals surface area (Å²) in [5.74, 6) is 0. The summed E-state index contributed by atoms with van der Waals surface area (Å²) < 4.78 is 21.7. The van der Waals surface area contributed by atoms with Crippen molar-refractivity contribution in [3.05, 3.63) is 46.3 Å². The molecule has 0 atom stereocenters. The van der Waals surface area contributed by atoms with E-state index in [4.69, 9.17) is 30.6 Å². The van der Waals surface area contributed by atoms with Gasteiger partial charge in [0.15, 0.2) is 0 Å². The molecule has 0 saturated heterocycles. The summed E-state index contributed by atoms with van der Waals surface area (Å²) in [7, 11) is 0. The van der Waals surface area contributed by atoms with E-state index in [1.807, 2.05) is 12.1 Å². The monoisotopic (exact) mass is 527 g/mol. The number of benzene rings is 1. The maximum atomic E-state index is 9.40. The average Bonchev–Trinajstić information content (AvgIpc) is 3.24. The second-order valence-corrected chi connectivity index (χ2v) is 9.19. The van der Waals surface area contributed by atoms with Gasteiger partial charge in [-0.1, -0.05) is 0 Å². The molecule has 0 fully saturated rings. The van der Waals surface area contributed by atoms with Gasteiger partial charge in [0.05, 0.1) is 77.3 Å². The Balaban J connectivity index is 1.39. The number of ether oxygens (including phenoxy) is 4. The number of azo groups is 1. The Hall–Kier alpha value is -2.90. The smallest absolute Gasteiger partial charge is 0.247 e. The Morgan fingerprint density at radius 3 is 2.38 bits per heavy atom. The van der Waals surface area contributed by atoms with E-state index in [9.17, 15) is 5.26 Å². The molecular weight excluding hydrogens is 494 g/mol. The SMILES string of the molecule is [C-]#[N+]c1sc(N=Nc2ccc3c(c2)CCCN3CCOCCOCCOCCOCCO)c(C#N)c1C. The van der Waals surface area contributed by atoms with Gasteiger partial charge in [-0.05, 0) is 49.1 Å². The zero-order valence-corrected chi connectivity index (χ0v) is 22.0. The van der Waals surface area contributed by atoms with Crippen molar-refractivity contribution in [2.24, 2.45) is 10.2 Å². The molecule has 0 radical (unpaired) electrons. The van der Waals surface area contributed by atoms with Gasteiger partial charge in [-0.3, -0.25) is 0 Å². The summed E-state index contributed by atoms with van der Waals surface area (Å²) in [6, 6.07) is 8.17. The normalized spacial score (nSPS) is 13.0. The summed E-state index contributed by atoms with van der Waals surface area (Å²) in [5.41, 5.74) is 4.22. The molecule has 0 amide bonds. The molecule has 3 rings (SSSR count). The van der Waals surface area contributed by atoms with Gasteiger partial charge in [-0.2, -0.15) is 5.26 Å². The highest BCUT2D eigenvalue weighted by molar-refractivity contribution is 7.20. The van der Waals surface area contributed by atoms with Crippen LogP contribution in [0.1, 0.15) is 23.1 Å². The number of aryl methyl sites for hydroxylation is 1. The number of rotatable bonds is 16. The molecule has 1 N–H and O–H groups in total. The number of hydrogen-bond acceptors (Lipinski definition) is 10. The predicted octanol–water partition coefficient (Wildman–Crippen LogP) is 4.71. The summed E-state index contributed by atoms with van der Waals surface area (Å²) in [6.07, 6.45) is 2.03. The number of nitriles is 1. The first-order valence-electron chi connectivity index (χ1n) is 12.3. The number of thiophene rings is 1. The Morgan fingerprint density at radius 2 is 1.73 bits per heavy atom. The second kappa shape index (κ2) is 16.0. The van der Waals surface area contributed by atoms with Crippen LogP contribution < -0.4 is 4.90 Å². The molecule has 0 aliphatic carbocycles. The van der Waals surface area contributed by atoms with Crippen molar-refractivity contribution >= 4 is 32.7 Å². The Bertz CT molecular complexity index is 1110. The highest BCUT2D eigenvalue weighted by Gasteiger charge is 2.18. The lowest BCUT2D eigenvalue weighted by Crippen LogP contribution is -2.32. The fourth-order valence-corrected chi connectivity index (χ4v) is 4.72. The molecule has 37 heavy (non-hydrogen) atoms. The lowest BCUT2D eigenvalue weighted by molar-refractivity contribution is -0.00490. The highest BCUT2D eigenvalue weighted by atomic mass is 32.1. The van der Waals surface area contributed by atoms with E-state index >= 15 is 0 Å². The maximum Gasteiger partial charge on any atom is 0.247 e. The summed E-state index contributed by atoms with van der Waals surface area (Å²) in [5, 5.41) is 27.6. The third kappa shape index (κ3) is 8.86. The maximum absolute atomic E-state index is 9.40. The van der Waals surface area contributed by atoms with Crippen molar-refractivity contribution in [1.82, 2.24) is 0 Å². The first-order chi connectivity index (χ1) is 18.2. The molecule has 1 aliphatic heterocycles. The molecule has 0 saturated carbocycles. The first kappa shape index (κ1) is 28.7. The van der Waals surface area contributed by atoms with Crippen molar-refractivity contribution in [3.8, 4) is 6.07 Å². The number of anilines is 1. The summed E-state index contributed by atoms with van der Waals surface area (Å²) in [4.78, 5) is 5.79. The van der Waals surface area contributed by atoms with Crippen LogP contribution in [0.5, 0.6) is 0 Å². The highest BCUT2D eigenvalue weighted by Crippen LogP contribution is 2.41. The van der Waals surface area contributed by atoms with Crippen LogP contribution in [0.3, 0.4) is 0 Å². The van der Waals surface area contributed by atoms with Crippen LogP contribution in [-0.4, -0.2) is 77.7 Å². The topological polar surface area (TPSA) is 113 Å². The number of aliphatic hydroxyl groups excluding tert-OH is 1. The fraction of sp³-hybridized carbons (Fsp3) is 0.538. The minimum atomic E-state index is 0.0236. The van der Waals surface area contributed by atoms with E-state index in [-0.39, 0.29) is 6.61 Å². The van der Waals surface area contributed by atoms with Crippen LogP contribution in [0.15, 0.2) is 28.4 Å². The quantitative estimate of drug-likeness (QED) is 0.191. The van der Waals surface area contributed by atoms with Gasteiger partial charge in [0.1, 0.15) is 11.1 Å². The molecule has 2 aromatic rings. The van der Waals surface area contributed by atoms with E-state index in [0.29, 0.717) is 74.0 Å². The Labute approximate surface area is 221 Å². The van der Waals surface area contributed by atoms with Crippen LogP contribution in [0.25, 0.3) is 4.85 Å². The van der Waals surface area contributed by atoms with Crippen molar-refractivity contribution in [1.29, 1.82) is 5.26 Å². The minimum Gasteiger partial charge on any atom is -0.394 e. The van der Waals surface area contributed by atoms with Crippen molar-refractivity contribution in [2.75, 3.05) is 77.5 Å². The summed E-state index contributed by atoms with van der Waals surface area (Å²) >= 11 is 1.20. The molecule has 2 heterocycles. The van der Waals surface area contributed by atoms with Crippen LogP contribution in [0.2, 0.25) is 0 Å². The van der Waals surface area contributed by atoms with Gasteiger partial charge in [-0.25, -0.2) is 4.85 Å². The zero-order chi connectivity index (χ0) is 26.3. The largest absolute Gasteiger partial charge is 0.394 e. The van der Waals surface area contributed by atoms with Crippen LogP contribution in [0, 0.1) is 24.8 Å². The van der Waals surface area contributed by atoms with E-state index < -0.39 is 0 Å². The summed E-state index contributed by atoms with van der Waals surface area (Å²) in [6.45, 7) is 14.8. The third-order valence-electron chi connectivity index (χ3n) is 5.71. The third-order valence-corrected chi connectivity index (χ3v) is 6.78. The molecule has 0 bridgehead atoms. The van der Waals surface area contributed by atoms with Gasteiger partial charge >= 0.3 is 0 Å². The molecule has 1 aromatic carbocycles. The van der Waals surface area contributed by atoms with E-state index in [1.165, 1.54) is 22.6 Å². The number of hydrogen-bond donors (Lipinski definition) is 1.